The summed E-state index contributed by atoms with van der Waals surface area (Å²) in [6.07, 6.45) is -1.32. The number of alkyl halides is 2. The van der Waals surface area contributed by atoms with Crippen molar-refractivity contribution in [2.24, 2.45) is 0 Å². The molecule has 0 bridgehead atoms. The summed E-state index contributed by atoms with van der Waals surface area (Å²) in [5.74, 6) is -1.59. The van der Waals surface area contributed by atoms with Crippen molar-refractivity contribution in [3.05, 3.63) is 82.0 Å². The molecule has 3 amide bonds. The van der Waals surface area contributed by atoms with Crippen molar-refractivity contribution < 1.29 is 47.0 Å². The highest BCUT2D eigenvalue weighted by Crippen LogP contribution is 2.27. The zero-order valence-electron chi connectivity index (χ0n) is 25.4. The lowest BCUT2D eigenvalue weighted by Crippen LogP contribution is -2.50. The molecule has 47 heavy (non-hydrogen) atoms. The Bertz CT molecular complexity index is 1560. The Labute approximate surface area is 272 Å². The third kappa shape index (κ3) is 10.0. The number of rotatable bonds is 13. The fourth-order valence-electron chi connectivity index (χ4n) is 4.70. The first kappa shape index (κ1) is 34.9. The number of para-hydroxylation sites is 1. The van der Waals surface area contributed by atoms with Crippen molar-refractivity contribution in [2.75, 3.05) is 26.8 Å². The number of hydrogen-bond donors (Lipinski definition) is 4. The number of halogens is 2. The van der Waals surface area contributed by atoms with E-state index in [0.29, 0.717) is 21.9 Å². The van der Waals surface area contributed by atoms with Crippen molar-refractivity contribution in [3.63, 3.8) is 0 Å². The number of thiophene rings is 1. The molecule has 16 heteroatoms. The second-order valence-electron chi connectivity index (χ2n) is 10.3. The number of carbonyl (C=O) groups excluding carboxylic acids is 4. The molecule has 1 aliphatic rings. The normalized spacial score (nSPS) is 16.3. The van der Waals surface area contributed by atoms with Gasteiger partial charge < -0.3 is 34.6 Å². The van der Waals surface area contributed by atoms with Crippen LogP contribution in [0.5, 0.6) is 11.5 Å². The molecule has 2 heterocycles. The van der Waals surface area contributed by atoms with Crippen LogP contribution in [0.4, 0.5) is 8.78 Å². The molecule has 2 aromatic carbocycles. The molecule has 0 saturated carbocycles. The van der Waals surface area contributed by atoms with Crippen molar-refractivity contribution in [3.8, 4) is 11.5 Å². The Balaban J connectivity index is 1.39. The van der Waals surface area contributed by atoms with Crippen LogP contribution in [0, 0.1) is 5.41 Å². The molecule has 4 N–H and O–H groups in total. The summed E-state index contributed by atoms with van der Waals surface area (Å²) < 4.78 is 41.8. The van der Waals surface area contributed by atoms with E-state index in [1.54, 1.807) is 35.7 Å². The van der Waals surface area contributed by atoms with Crippen LogP contribution in [0.15, 0.2) is 66.0 Å². The largest absolute Gasteiger partial charge is 0.457 e. The summed E-state index contributed by atoms with van der Waals surface area (Å²) in [5, 5.41) is 14.9. The van der Waals surface area contributed by atoms with Gasteiger partial charge in [0.25, 0.3) is 5.91 Å². The van der Waals surface area contributed by atoms with E-state index >= 15 is 0 Å². The molecule has 0 radical (unpaired) electrons. The first-order chi connectivity index (χ1) is 22.5. The van der Waals surface area contributed by atoms with Gasteiger partial charge in [-0.1, -0.05) is 18.2 Å². The van der Waals surface area contributed by atoms with Crippen LogP contribution in [0.3, 0.4) is 0 Å². The van der Waals surface area contributed by atoms with Gasteiger partial charge in [0.2, 0.25) is 11.8 Å². The highest BCUT2D eigenvalue weighted by molar-refractivity contribution is 7.10. The molecular formula is C31H33F2N5O8S. The van der Waals surface area contributed by atoms with Gasteiger partial charge in [0.1, 0.15) is 17.5 Å². The quantitative estimate of drug-likeness (QED) is 0.121. The molecule has 1 saturated heterocycles. The minimum Gasteiger partial charge on any atom is -0.457 e. The fourth-order valence-corrected chi connectivity index (χ4v) is 5.64. The van der Waals surface area contributed by atoms with Crippen LogP contribution in [0.2, 0.25) is 0 Å². The van der Waals surface area contributed by atoms with Gasteiger partial charge >= 0.3 is 12.6 Å². The molecule has 3 atom stereocenters. The average Bonchev–Trinajstić information content (AvgIpc) is 3.71. The van der Waals surface area contributed by atoms with Crippen LogP contribution in [-0.4, -0.2) is 80.0 Å². The van der Waals surface area contributed by atoms with Crippen molar-refractivity contribution in [1.82, 2.24) is 21.0 Å². The maximum absolute atomic E-state index is 13.5. The number of amides is 3. The number of carbonyl (C=O) groups is 4. The number of likely N-dealkylation sites (tertiary alicyclic amines) is 1. The summed E-state index contributed by atoms with van der Waals surface area (Å²) in [6.45, 7) is -2.72. The van der Waals surface area contributed by atoms with Gasteiger partial charge in [0.05, 0.1) is 25.3 Å². The third-order valence-electron chi connectivity index (χ3n) is 6.88. The second-order valence-corrected chi connectivity index (χ2v) is 11.2. The maximum Gasteiger partial charge on any atom is 0.345 e. The topological polar surface area (TPSA) is 168 Å². The number of nitrogens with zero attached hydrogens (tertiary/aromatic N) is 1. The van der Waals surface area contributed by atoms with Gasteiger partial charge in [0.15, 0.2) is 5.84 Å². The van der Waals surface area contributed by atoms with Crippen molar-refractivity contribution in [2.45, 2.75) is 38.1 Å². The molecule has 0 unspecified atom stereocenters. The fraction of sp³-hybridized carbons (Fsp3) is 0.323. The minimum absolute atomic E-state index is 0.0132. The van der Waals surface area contributed by atoms with Gasteiger partial charge in [0, 0.05) is 48.4 Å². The zero-order chi connectivity index (χ0) is 33.9. The predicted octanol–water partition coefficient (Wildman–Crippen LogP) is 3.38. The van der Waals surface area contributed by atoms with Gasteiger partial charge in [-0.2, -0.15) is 8.78 Å². The molecule has 1 aliphatic heterocycles. The van der Waals surface area contributed by atoms with Crippen LogP contribution < -0.4 is 20.9 Å². The van der Waals surface area contributed by atoms with E-state index in [-0.39, 0.29) is 31.0 Å². The van der Waals surface area contributed by atoms with Gasteiger partial charge in [-0.15, -0.1) is 11.3 Å². The lowest BCUT2D eigenvalue weighted by molar-refractivity contribution is -0.160. The van der Waals surface area contributed by atoms with E-state index in [4.69, 9.17) is 14.9 Å². The minimum atomic E-state index is -3.12. The number of methoxy groups -OCH3 is 1. The molecule has 0 aliphatic carbocycles. The molecule has 250 valence electrons. The highest BCUT2D eigenvalue weighted by atomic mass is 32.1. The first-order valence-electron chi connectivity index (χ1n) is 14.3. The molecule has 1 aromatic heterocycles. The van der Waals surface area contributed by atoms with E-state index in [1.165, 1.54) is 37.5 Å². The molecular weight excluding hydrogens is 640 g/mol. The van der Waals surface area contributed by atoms with E-state index in [1.807, 2.05) is 18.2 Å². The molecule has 1 fully saturated rings. The summed E-state index contributed by atoms with van der Waals surface area (Å²) in [6, 6.07) is 15.0. The average molecular weight is 674 g/mol. The summed E-state index contributed by atoms with van der Waals surface area (Å²) >= 11 is 1.20. The summed E-state index contributed by atoms with van der Waals surface area (Å²) in [4.78, 5) is 56.8. The smallest absolute Gasteiger partial charge is 0.345 e. The first-order valence-corrected chi connectivity index (χ1v) is 15.2. The number of hydrogen-bond acceptors (Lipinski definition) is 10. The highest BCUT2D eigenvalue weighted by Gasteiger charge is 2.41. The van der Waals surface area contributed by atoms with Gasteiger partial charge in [-0.25, -0.2) is 5.48 Å². The van der Waals surface area contributed by atoms with Crippen LogP contribution in [-0.2, 0) is 28.7 Å². The van der Waals surface area contributed by atoms with E-state index in [9.17, 15) is 28.0 Å². The van der Waals surface area contributed by atoms with Crippen molar-refractivity contribution in [1.29, 1.82) is 5.41 Å². The van der Waals surface area contributed by atoms with Crippen LogP contribution in [0.1, 0.15) is 40.2 Å². The molecule has 13 nitrogen and oxygen atoms in total. The van der Waals surface area contributed by atoms with E-state index in [2.05, 4.69) is 25.7 Å². The monoisotopic (exact) mass is 673 g/mol. The number of ether oxygens (including phenoxy) is 3. The standard InChI is InChI=1S/C31H33F2N5O8S/c1-18(39)46-37-28(34)20-12-26(47-17-20)24(16-43-2)36-30(42)25-13-23(45-31(32)33)15-38(25)27(40)14-35-29(41)19-8-10-22(11-9-19)44-21-6-4-3-5-7-21/h3-12,17,23-25,31H,13-16H2,1-2H3,(H2,34,37)(H,35,41)(H,36,42)/t23-,24-,25+/m1/s1. The van der Waals surface area contributed by atoms with Gasteiger partial charge in [-0.05, 0) is 42.5 Å². The Morgan fingerprint density at radius 2 is 1.74 bits per heavy atom. The summed E-state index contributed by atoms with van der Waals surface area (Å²) in [5.41, 5.74) is 2.84. The van der Waals surface area contributed by atoms with Crippen LogP contribution in [0.25, 0.3) is 0 Å². The van der Waals surface area contributed by atoms with E-state index in [0.717, 1.165) is 4.90 Å². The lowest BCUT2D eigenvalue weighted by Gasteiger charge is -2.26. The predicted molar refractivity (Wildman–Crippen MR) is 165 cm³/mol. The van der Waals surface area contributed by atoms with Crippen molar-refractivity contribution >= 4 is 40.9 Å². The Morgan fingerprint density at radius 3 is 2.40 bits per heavy atom. The van der Waals surface area contributed by atoms with Gasteiger partial charge in [-0.3, -0.25) is 24.6 Å². The Kier molecular flexibility index (Phi) is 12.3. The summed E-state index contributed by atoms with van der Waals surface area (Å²) in [7, 11) is 1.42. The molecule has 0 spiro atoms. The Morgan fingerprint density at radius 1 is 1.04 bits per heavy atom. The Hall–Kier alpha value is -4.93. The maximum atomic E-state index is 13.5. The molecule has 4 rings (SSSR count). The van der Waals surface area contributed by atoms with E-state index < -0.39 is 55.0 Å². The number of nitrogens with one attached hydrogen (secondary N) is 4. The number of hydroxylamine groups is 1. The SMILES string of the molecule is COC[C@@H](NC(=O)[C@@H]1C[C@@H](OC(F)F)CN1C(=O)CNC(=O)c1ccc(Oc2ccccc2)cc1)c1cc(C(=N)NOC(C)=O)cs1. The molecule has 3 aromatic rings. The number of amidine groups is 1. The number of benzene rings is 2. The second kappa shape index (κ2) is 16.6. The zero-order valence-corrected chi connectivity index (χ0v) is 26.2. The third-order valence-corrected chi connectivity index (χ3v) is 7.92. The lowest BCUT2D eigenvalue weighted by atomic mass is 10.1. The van der Waals surface area contributed by atoms with Crippen LogP contribution >= 0.6 is 11.3 Å².